The predicted octanol–water partition coefficient (Wildman–Crippen LogP) is 2.98. The molecule has 0 aliphatic carbocycles. The van der Waals surface area contributed by atoms with Gasteiger partial charge in [-0.25, -0.2) is 10.1 Å². The molecule has 0 unspecified atom stereocenters. The lowest BCUT2D eigenvalue weighted by atomic mass is 10.1. The van der Waals surface area contributed by atoms with Crippen LogP contribution in [0.5, 0.6) is 11.5 Å². The summed E-state index contributed by atoms with van der Waals surface area (Å²) in [6, 6.07) is 12.2. The smallest absolute Gasteiger partial charge is 0.292 e. The van der Waals surface area contributed by atoms with Gasteiger partial charge in [-0.2, -0.15) is 10.2 Å². The third-order valence-corrected chi connectivity index (χ3v) is 4.59. The SMILES string of the molecule is CCCCn1nc(C(=O)N/N=C\c2ccc(OC)c(OC)c2)c2ccccc2c1=O. The number of aromatic nitrogens is 2. The number of hydrogen-bond acceptors (Lipinski definition) is 6. The van der Waals surface area contributed by atoms with E-state index >= 15 is 0 Å². The maximum Gasteiger partial charge on any atom is 0.292 e. The molecule has 0 fully saturated rings. The molecule has 0 saturated heterocycles. The predicted molar refractivity (Wildman–Crippen MR) is 116 cm³/mol. The molecule has 0 radical (unpaired) electrons. The van der Waals surface area contributed by atoms with Crippen molar-refractivity contribution in [1.29, 1.82) is 0 Å². The van der Waals surface area contributed by atoms with E-state index in [2.05, 4.69) is 15.6 Å². The first kappa shape index (κ1) is 21.0. The molecule has 0 atom stereocenters. The fourth-order valence-electron chi connectivity index (χ4n) is 3.01. The van der Waals surface area contributed by atoms with Crippen LogP contribution >= 0.6 is 0 Å². The average Bonchev–Trinajstić information content (AvgIpc) is 2.78. The maximum atomic E-state index is 12.8. The minimum Gasteiger partial charge on any atom is -0.493 e. The minimum atomic E-state index is -0.492. The fraction of sp³-hybridized carbons (Fsp3) is 0.273. The molecule has 1 heterocycles. The van der Waals surface area contributed by atoms with Gasteiger partial charge in [0.15, 0.2) is 17.2 Å². The van der Waals surface area contributed by atoms with Gasteiger partial charge in [0, 0.05) is 11.9 Å². The number of nitrogens with zero attached hydrogens (tertiary/aromatic N) is 3. The highest BCUT2D eigenvalue weighted by atomic mass is 16.5. The van der Waals surface area contributed by atoms with Gasteiger partial charge in [0.05, 0.1) is 25.8 Å². The van der Waals surface area contributed by atoms with Crippen LogP contribution in [0.15, 0.2) is 52.4 Å². The van der Waals surface area contributed by atoms with Gasteiger partial charge in [-0.1, -0.05) is 31.5 Å². The van der Waals surface area contributed by atoms with E-state index in [1.165, 1.54) is 10.9 Å². The largest absolute Gasteiger partial charge is 0.493 e. The lowest BCUT2D eigenvalue weighted by Crippen LogP contribution is -2.29. The summed E-state index contributed by atoms with van der Waals surface area (Å²) >= 11 is 0. The number of hydrogen-bond donors (Lipinski definition) is 1. The van der Waals surface area contributed by atoms with Gasteiger partial charge in [-0.15, -0.1) is 0 Å². The maximum absolute atomic E-state index is 12.8. The number of carbonyl (C=O) groups excluding carboxylic acids is 1. The summed E-state index contributed by atoms with van der Waals surface area (Å²) in [6.07, 6.45) is 3.21. The zero-order valence-corrected chi connectivity index (χ0v) is 17.2. The Labute approximate surface area is 174 Å². The highest BCUT2D eigenvalue weighted by Crippen LogP contribution is 2.26. The molecule has 0 bridgehead atoms. The number of hydrazone groups is 1. The van der Waals surface area contributed by atoms with Gasteiger partial charge in [-0.3, -0.25) is 9.59 Å². The first-order valence-electron chi connectivity index (χ1n) is 9.64. The van der Waals surface area contributed by atoms with Crippen molar-refractivity contribution in [3.8, 4) is 11.5 Å². The molecule has 0 spiro atoms. The molecule has 3 rings (SSSR count). The van der Waals surface area contributed by atoms with Gasteiger partial charge in [0.1, 0.15) is 0 Å². The summed E-state index contributed by atoms with van der Waals surface area (Å²) in [5, 5.41) is 9.27. The first-order chi connectivity index (χ1) is 14.6. The Hall–Kier alpha value is -3.68. The molecule has 156 valence electrons. The van der Waals surface area contributed by atoms with Crippen molar-refractivity contribution in [3.05, 3.63) is 64.1 Å². The van der Waals surface area contributed by atoms with E-state index in [0.717, 1.165) is 18.4 Å². The Kier molecular flexibility index (Phi) is 6.79. The third-order valence-electron chi connectivity index (χ3n) is 4.59. The van der Waals surface area contributed by atoms with Crippen molar-refractivity contribution in [3.63, 3.8) is 0 Å². The monoisotopic (exact) mass is 408 g/mol. The molecule has 3 aromatic rings. The van der Waals surface area contributed by atoms with Crippen molar-refractivity contribution in [1.82, 2.24) is 15.2 Å². The summed E-state index contributed by atoms with van der Waals surface area (Å²) in [5.41, 5.74) is 3.16. The zero-order valence-electron chi connectivity index (χ0n) is 17.2. The lowest BCUT2D eigenvalue weighted by Gasteiger charge is -2.10. The Morgan fingerprint density at radius 3 is 2.57 bits per heavy atom. The van der Waals surface area contributed by atoms with Crippen LogP contribution in [0.25, 0.3) is 10.8 Å². The Morgan fingerprint density at radius 2 is 1.87 bits per heavy atom. The second kappa shape index (κ2) is 9.69. The van der Waals surface area contributed by atoms with Crippen LogP contribution in [0.2, 0.25) is 0 Å². The molecule has 2 aromatic carbocycles. The summed E-state index contributed by atoms with van der Waals surface area (Å²) < 4.78 is 11.8. The van der Waals surface area contributed by atoms with Crippen molar-refractivity contribution >= 4 is 22.9 Å². The summed E-state index contributed by atoms with van der Waals surface area (Å²) in [6.45, 7) is 2.48. The lowest BCUT2D eigenvalue weighted by molar-refractivity contribution is 0.0949. The Balaban J connectivity index is 1.87. The Bertz CT molecular complexity index is 1140. The summed E-state index contributed by atoms with van der Waals surface area (Å²) in [4.78, 5) is 25.4. The van der Waals surface area contributed by atoms with Gasteiger partial charge in [0.25, 0.3) is 11.5 Å². The van der Waals surface area contributed by atoms with Gasteiger partial charge < -0.3 is 9.47 Å². The van der Waals surface area contributed by atoms with E-state index in [0.29, 0.717) is 28.8 Å². The first-order valence-corrected chi connectivity index (χ1v) is 9.64. The van der Waals surface area contributed by atoms with E-state index in [9.17, 15) is 9.59 Å². The van der Waals surface area contributed by atoms with Crippen LogP contribution in [0.4, 0.5) is 0 Å². The molecule has 1 N–H and O–H groups in total. The van der Waals surface area contributed by atoms with Gasteiger partial charge in [-0.05, 0) is 36.2 Å². The normalized spacial score (nSPS) is 11.0. The highest BCUT2D eigenvalue weighted by Gasteiger charge is 2.16. The quantitative estimate of drug-likeness (QED) is 0.457. The third kappa shape index (κ3) is 4.48. The van der Waals surface area contributed by atoms with Crippen molar-refractivity contribution < 1.29 is 14.3 Å². The van der Waals surface area contributed by atoms with Crippen LogP contribution in [-0.4, -0.2) is 36.1 Å². The molecule has 0 saturated carbocycles. The van der Waals surface area contributed by atoms with Crippen LogP contribution < -0.4 is 20.5 Å². The van der Waals surface area contributed by atoms with Crippen molar-refractivity contribution in [2.24, 2.45) is 5.10 Å². The number of carbonyl (C=O) groups is 1. The number of unbranched alkanes of at least 4 members (excludes halogenated alkanes) is 1. The topological polar surface area (TPSA) is 94.8 Å². The average molecular weight is 408 g/mol. The molecule has 1 aromatic heterocycles. The van der Waals surface area contributed by atoms with Gasteiger partial charge >= 0.3 is 0 Å². The van der Waals surface area contributed by atoms with Gasteiger partial charge in [0.2, 0.25) is 0 Å². The van der Waals surface area contributed by atoms with Crippen molar-refractivity contribution in [2.45, 2.75) is 26.3 Å². The number of fused-ring (bicyclic) bond motifs is 1. The van der Waals surface area contributed by atoms with E-state index in [1.54, 1.807) is 56.7 Å². The molecule has 0 aliphatic heterocycles. The van der Waals surface area contributed by atoms with E-state index in [-0.39, 0.29) is 11.3 Å². The number of aryl methyl sites for hydroxylation is 1. The van der Waals surface area contributed by atoms with E-state index < -0.39 is 5.91 Å². The van der Waals surface area contributed by atoms with Crippen LogP contribution in [-0.2, 0) is 6.54 Å². The molecule has 8 nitrogen and oxygen atoms in total. The standard InChI is InChI=1S/C22H24N4O4/c1-4-5-12-26-22(28)17-9-7-6-8-16(17)20(25-26)21(27)24-23-14-15-10-11-18(29-2)19(13-15)30-3/h6-11,13-14H,4-5,12H2,1-3H3,(H,24,27)/b23-14-. The summed E-state index contributed by atoms with van der Waals surface area (Å²) in [5.74, 6) is 0.667. The Morgan fingerprint density at radius 1 is 1.13 bits per heavy atom. The number of methoxy groups -OCH3 is 2. The highest BCUT2D eigenvalue weighted by molar-refractivity contribution is 6.04. The molecule has 0 aliphatic rings. The van der Waals surface area contributed by atoms with Crippen molar-refractivity contribution in [2.75, 3.05) is 14.2 Å². The van der Waals surface area contributed by atoms with E-state index in [1.807, 2.05) is 6.92 Å². The molecule has 30 heavy (non-hydrogen) atoms. The second-order valence-corrected chi connectivity index (χ2v) is 6.59. The summed E-state index contributed by atoms with van der Waals surface area (Å²) in [7, 11) is 3.11. The molecule has 8 heteroatoms. The van der Waals surface area contributed by atoms with E-state index in [4.69, 9.17) is 9.47 Å². The van der Waals surface area contributed by atoms with Crippen LogP contribution in [0.3, 0.4) is 0 Å². The minimum absolute atomic E-state index is 0.158. The molecular formula is C22H24N4O4. The number of ether oxygens (including phenoxy) is 2. The van der Waals surface area contributed by atoms with Crippen LogP contribution in [0.1, 0.15) is 35.8 Å². The fourth-order valence-corrected chi connectivity index (χ4v) is 3.01. The number of benzene rings is 2. The van der Waals surface area contributed by atoms with Crippen LogP contribution in [0, 0.1) is 0 Å². The molecule has 1 amide bonds. The number of nitrogens with one attached hydrogen (secondary N) is 1. The second-order valence-electron chi connectivity index (χ2n) is 6.59. The molecular weight excluding hydrogens is 384 g/mol. The number of amides is 1. The zero-order chi connectivity index (χ0) is 21.5. The number of rotatable bonds is 8.